The van der Waals surface area contributed by atoms with Gasteiger partial charge in [-0.25, -0.2) is 0 Å². The minimum Gasteiger partial charge on any atom is -2.00 e. The summed E-state index contributed by atoms with van der Waals surface area (Å²) in [5.41, 5.74) is 0. The van der Waals surface area contributed by atoms with E-state index in [-0.39, 0.29) is 138 Å². The van der Waals surface area contributed by atoms with Crippen LogP contribution in [0.15, 0.2) is 0 Å². The van der Waals surface area contributed by atoms with Crippen LogP contribution in [0.4, 0.5) is 0 Å². The summed E-state index contributed by atoms with van der Waals surface area (Å²) >= 11 is 0. The van der Waals surface area contributed by atoms with Crippen LogP contribution in [0, 0.1) is 0 Å². The summed E-state index contributed by atoms with van der Waals surface area (Å²) in [4.78, 5) is 0. The second kappa shape index (κ2) is 2360. The molecule has 0 unspecified atom stereocenters. The van der Waals surface area contributed by atoms with Gasteiger partial charge in [0.25, 0.3) is 0 Å². The predicted molar refractivity (Wildman–Crippen MR) is 42.1 cm³/mol. The van der Waals surface area contributed by atoms with Crippen molar-refractivity contribution < 1.29 is 60.2 Å². The van der Waals surface area contributed by atoms with Crippen molar-refractivity contribution in [1.82, 2.24) is 0 Å². The molecule has 0 saturated heterocycles. The van der Waals surface area contributed by atoms with Gasteiger partial charge in [0.1, 0.15) is 0 Å². The fourth-order valence-corrected chi connectivity index (χ4v) is 0. The van der Waals surface area contributed by atoms with Crippen molar-refractivity contribution in [3.8, 4) is 0 Å². The first-order valence-corrected chi connectivity index (χ1v) is 0. The molecule has 0 aliphatic carbocycles. The molecule has 17 heavy (non-hydrogen) atoms. The standard InChI is InChI=1S/Mg.11O.5Si/q+2;11*-2;;;;;. The molecule has 0 aromatic carbocycles. The van der Waals surface area contributed by atoms with Crippen LogP contribution < -0.4 is 0 Å². The molecule has 0 heterocycles. The van der Waals surface area contributed by atoms with Gasteiger partial charge in [-0.15, -0.1) is 0 Å². The Bertz CT molecular complexity index is 19.8. The first-order valence-electron chi connectivity index (χ1n) is 0. The third-order valence-electron chi connectivity index (χ3n) is 0. The Hall–Kier alpha value is 1.41. The van der Waals surface area contributed by atoms with Crippen molar-refractivity contribution in [3.63, 3.8) is 0 Å². The topological polar surface area (TPSA) is 314 Å². The summed E-state index contributed by atoms with van der Waals surface area (Å²) in [6.45, 7) is 0. The zero-order chi connectivity index (χ0) is 0. The van der Waals surface area contributed by atoms with Gasteiger partial charge in [-0.2, -0.15) is 0 Å². The van der Waals surface area contributed by atoms with E-state index in [1.807, 2.05) is 0 Å². The van der Waals surface area contributed by atoms with Crippen LogP contribution in [0.5, 0.6) is 0 Å². The fraction of sp³-hybridized carbons (Fsp3) is 0. The molecule has 0 amide bonds. The van der Waals surface area contributed by atoms with Gasteiger partial charge in [0.05, 0.1) is 0 Å². The van der Waals surface area contributed by atoms with Crippen LogP contribution in [0.1, 0.15) is 0 Å². The summed E-state index contributed by atoms with van der Waals surface area (Å²) in [5.74, 6) is 0. The average molecular weight is 341 g/mol. The third kappa shape index (κ3) is 2080. The van der Waals surface area contributed by atoms with Crippen LogP contribution in [-0.2, 0) is 60.2 Å². The molecule has 0 aliphatic heterocycles. The van der Waals surface area contributed by atoms with Crippen molar-refractivity contribution in [2.75, 3.05) is 0 Å². The predicted octanol–water partition coefficient (Wildman–Crippen LogP) is -3.59. The Morgan fingerprint density at radius 1 is 0.176 bits per heavy atom. The first kappa shape index (κ1) is 2800. The van der Waals surface area contributed by atoms with Gasteiger partial charge < -0.3 is 60.2 Å². The van der Waals surface area contributed by atoms with E-state index in [0.29, 0.717) is 0 Å². The molecule has 108 valence electrons. The zero-order valence-corrected chi connectivity index (χ0v) is 14.1. The Labute approximate surface area is 138 Å². The molecule has 0 atom stereocenters. The van der Waals surface area contributed by atoms with Crippen LogP contribution in [-0.4, -0.2) is 77.9 Å². The van der Waals surface area contributed by atoms with Gasteiger partial charge in [-0.05, 0) is 0 Å². The molecule has 0 aromatic heterocycles. The fourth-order valence-electron chi connectivity index (χ4n) is 0. The maximum atomic E-state index is 0. The monoisotopic (exact) mass is 340 g/mol. The van der Waals surface area contributed by atoms with Crippen LogP contribution in [0.3, 0.4) is 0 Å². The van der Waals surface area contributed by atoms with E-state index in [2.05, 4.69) is 0 Å². The van der Waals surface area contributed by atoms with E-state index in [1.54, 1.807) is 0 Å². The van der Waals surface area contributed by atoms with Crippen molar-refractivity contribution >= 4 is 77.9 Å². The molecular weight excluding hydrogens is 341 g/mol. The SMILES string of the molecule is [Mg+2].[O-2].[O-2].[O-2].[O-2].[O-2].[O-2].[O-2].[O-2].[O-2].[O-2].[O-2].[Si].[Si].[Si].[Si].[Si]. The van der Waals surface area contributed by atoms with Crippen molar-refractivity contribution in [2.24, 2.45) is 0 Å². The molecule has 11 nitrogen and oxygen atoms in total. The van der Waals surface area contributed by atoms with E-state index in [9.17, 15) is 0 Å². The Morgan fingerprint density at radius 2 is 0.176 bits per heavy atom. The van der Waals surface area contributed by atoms with E-state index in [0.717, 1.165) is 0 Å². The molecule has 0 saturated carbocycles. The number of hydrogen-bond acceptors (Lipinski definition) is 0. The summed E-state index contributed by atoms with van der Waals surface area (Å²) in [7, 11) is 0. The Balaban J connectivity index is 0. The Morgan fingerprint density at radius 3 is 0.176 bits per heavy atom. The van der Waals surface area contributed by atoms with E-state index < -0.39 is 0 Å². The van der Waals surface area contributed by atoms with E-state index in [4.69, 9.17) is 0 Å². The molecule has 0 fully saturated rings. The van der Waals surface area contributed by atoms with Gasteiger partial charge >= 0.3 is 23.1 Å². The number of hydrogen-bond donors (Lipinski definition) is 0. The quantitative estimate of drug-likeness (QED) is 0.385. The molecule has 20 radical (unpaired) electrons. The van der Waals surface area contributed by atoms with Crippen LogP contribution in [0.2, 0.25) is 0 Å². The maximum Gasteiger partial charge on any atom is 2.00 e. The molecule has 0 aromatic rings. The molecule has 0 aliphatic rings. The summed E-state index contributed by atoms with van der Waals surface area (Å²) < 4.78 is 0. The smallest absolute Gasteiger partial charge is 2.00 e. The minimum atomic E-state index is 0. The van der Waals surface area contributed by atoms with Gasteiger partial charge in [0, 0.05) is 54.8 Å². The average Bonchev–Trinajstić information content (AvgIpc) is 0. The van der Waals surface area contributed by atoms with E-state index in [1.165, 1.54) is 0 Å². The van der Waals surface area contributed by atoms with Crippen LogP contribution >= 0.6 is 0 Å². The summed E-state index contributed by atoms with van der Waals surface area (Å²) in [5, 5.41) is 0. The van der Waals surface area contributed by atoms with Gasteiger partial charge in [0.2, 0.25) is 0 Å². The van der Waals surface area contributed by atoms with Crippen molar-refractivity contribution in [1.29, 1.82) is 0 Å². The Kier molecular flexibility index (Phi) is 389000. The van der Waals surface area contributed by atoms with Gasteiger partial charge in [-0.1, -0.05) is 0 Å². The summed E-state index contributed by atoms with van der Waals surface area (Å²) in [6, 6.07) is 0. The van der Waals surface area contributed by atoms with Crippen LogP contribution in [0.25, 0.3) is 0 Å². The third-order valence-corrected chi connectivity index (χ3v) is 0. The normalized spacial score (nSPS) is 0. The molecule has 0 N–H and O–H groups in total. The maximum absolute atomic E-state index is 0. The summed E-state index contributed by atoms with van der Waals surface area (Å²) in [6.07, 6.45) is 0. The van der Waals surface area contributed by atoms with Gasteiger partial charge in [-0.3, -0.25) is 0 Å². The van der Waals surface area contributed by atoms with E-state index >= 15 is 0 Å². The second-order valence-electron chi connectivity index (χ2n) is 0. The molecule has 0 spiro atoms. The molecule has 17 heteroatoms. The number of rotatable bonds is 0. The zero-order valence-electron chi connectivity index (χ0n) is 7.70. The molecular formula is MgO11Si5-20. The second-order valence-corrected chi connectivity index (χ2v) is 0. The first-order chi connectivity index (χ1) is 0. The largest absolute Gasteiger partial charge is 2.00 e. The molecule has 0 rings (SSSR count). The minimum absolute atomic E-state index is 0. The molecule has 0 bridgehead atoms. The van der Waals surface area contributed by atoms with Crippen molar-refractivity contribution in [3.05, 3.63) is 0 Å². The van der Waals surface area contributed by atoms with Crippen molar-refractivity contribution in [2.45, 2.75) is 0 Å². The van der Waals surface area contributed by atoms with Gasteiger partial charge in [0.15, 0.2) is 0 Å².